The van der Waals surface area contributed by atoms with Crippen molar-refractivity contribution in [2.75, 3.05) is 7.11 Å². The molecule has 2 aromatic rings. The highest BCUT2D eigenvalue weighted by Gasteiger charge is 2.31. The minimum atomic E-state index is -0.853. The fourth-order valence-electron chi connectivity index (χ4n) is 3.12. The first-order chi connectivity index (χ1) is 10.5. The number of rotatable bonds is 3. The van der Waals surface area contributed by atoms with Gasteiger partial charge in [-0.15, -0.1) is 0 Å². The van der Waals surface area contributed by atoms with Crippen LogP contribution in [0.2, 0.25) is 0 Å². The van der Waals surface area contributed by atoms with Gasteiger partial charge in [-0.25, -0.2) is 4.79 Å². The fourth-order valence-corrected chi connectivity index (χ4v) is 3.12. The smallest absolute Gasteiger partial charge is 0.337 e. The van der Waals surface area contributed by atoms with Crippen LogP contribution in [0.4, 0.5) is 0 Å². The van der Waals surface area contributed by atoms with E-state index in [4.69, 9.17) is 4.74 Å². The first-order valence-electron chi connectivity index (χ1n) is 7.06. The van der Waals surface area contributed by atoms with Crippen LogP contribution in [0, 0.1) is 6.92 Å². The van der Waals surface area contributed by atoms with Crippen LogP contribution in [-0.4, -0.2) is 24.2 Å². The number of aryl methyl sites for hydroxylation is 1. The summed E-state index contributed by atoms with van der Waals surface area (Å²) < 4.78 is 4.75. The Morgan fingerprint density at radius 1 is 1.09 bits per heavy atom. The molecule has 1 unspecified atom stereocenters. The molecule has 1 aliphatic carbocycles. The van der Waals surface area contributed by atoms with Gasteiger partial charge in [-0.05, 0) is 41.3 Å². The Balaban J connectivity index is 2.17. The zero-order chi connectivity index (χ0) is 15.9. The Bertz CT molecular complexity index is 777. The fraction of sp³-hybridized carbons (Fsp3) is 0.222. The van der Waals surface area contributed by atoms with Crippen molar-refractivity contribution in [2.24, 2.45) is 0 Å². The quantitative estimate of drug-likeness (QED) is 0.882. The van der Waals surface area contributed by atoms with E-state index in [0.717, 1.165) is 27.8 Å². The van der Waals surface area contributed by atoms with E-state index in [-0.39, 0.29) is 12.3 Å². The molecular weight excluding hydrogens is 280 g/mol. The number of ether oxygens (including phenoxy) is 1. The lowest BCUT2D eigenvalue weighted by molar-refractivity contribution is -0.137. The summed E-state index contributed by atoms with van der Waals surface area (Å²) in [5.74, 6) is -1.50. The van der Waals surface area contributed by atoms with Crippen LogP contribution in [0.1, 0.15) is 39.4 Å². The van der Waals surface area contributed by atoms with Gasteiger partial charge >= 0.3 is 11.9 Å². The molecule has 0 aromatic heterocycles. The van der Waals surface area contributed by atoms with E-state index in [1.807, 2.05) is 31.2 Å². The zero-order valence-electron chi connectivity index (χ0n) is 12.4. The standard InChI is InChI=1S/C18H16O4/c1-10-3-5-12-13-6-4-11(18(21)22-2)8-15(13)16(9-17(19)20)14(12)7-10/h3-8,16H,9H2,1-2H3,(H,19,20). The lowest BCUT2D eigenvalue weighted by Gasteiger charge is -2.12. The number of esters is 1. The highest BCUT2D eigenvalue weighted by atomic mass is 16.5. The monoisotopic (exact) mass is 296 g/mol. The van der Waals surface area contributed by atoms with Crippen LogP contribution >= 0.6 is 0 Å². The minimum absolute atomic E-state index is 0.00802. The maximum Gasteiger partial charge on any atom is 0.337 e. The van der Waals surface area contributed by atoms with E-state index in [2.05, 4.69) is 0 Å². The van der Waals surface area contributed by atoms with Gasteiger partial charge in [-0.1, -0.05) is 29.8 Å². The predicted octanol–water partition coefficient (Wildman–Crippen LogP) is 3.37. The molecule has 4 nitrogen and oxygen atoms in total. The topological polar surface area (TPSA) is 63.6 Å². The van der Waals surface area contributed by atoms with E-state index < -0.39 is 11.9 Å². The Labute approximate surface area is 128 Å². The van der Waals surface area contributed by atoms with Crippen LogP contribution in [0.5, 0.6) is 0 Å². The highest BCUT2D eigenvalue weighted by Crippen LogP contribution is 2.47. The van der Waals surface area contributed by atoms with Gasteiger partial charge in [0.15, 0.2) is 0 Å². The van der Waals surface area contributed by atoms with Gasteiger partial charge in [0, 0.05) is 5.92 Å². The van der Waals surface area contributed by atoms with Gasteiger partial charge in [-0.3, -0.25) is 4.79 Å². The summed E-state index contributed by atoms with van der Waals surface area (Å²) in [4.78, 5) is 23.0. The van der Waals surface area contributed by atoms with Crippen molar-refractivity contribution in [1.29, 1.82) is 0 Å². The molecule has 0 amide bonds. The predicted molar refractivity (Wildman–Crippen MR) is 82.1 cm³/mol. The van der Waals surface area contributed by atoms with Crippen LogP contribution in [0.25, 0.3) is 11.1 Å². The maximum atomic E-state index is 11.7. The van der Waals surface area contributed by atoms with Crippen molar-refractivity contribution < 1.29 is 19.4 Å². The number of hydrogen-bond donors (Lipinski definition) is 1. The van der Waals surface area contributed by atoms with Gasteiger partial charge in [0.25, 0.3) is 0 Å². The summed E-state index contributed by atoms with van der Waals surface area (Å²) in [7, 11) is 1.34. The third-order valence-corrected chi connectivity index (χ3v) is 4.10. The van der Waals surface area contributed by atoms with Gasteiger partial charge < -0.3 is 9.84 Å². The summed E-state index contributed by atoms with van der Waals surface area (Å²) in [6.45, 7) is 1.99. The Kier molecular flexibility index (Phi) is 3.45. The van der Waals surface area contributed by atoms with Crippen LogP contribution in [0.15, 0.2) is 36.4 Å². The first-order valence-corrected chi connectivity index (χ1v) is 7.06. The van der Waals surface area contributed by atoms with Crippen LogP contribution in [-0.2, 0) is 9.53 Å². The molecule has 0 heterocycles. The summed E-state index contributed by atoms with van der Waals surface area (Å²) in [6.07, 6.45) is 0.00802. The molecule has 4 heteroatoms. The maximum absolute atomic E-state index is 11.7. The van der Waals surface area contributed by atoms with Crippen molar-refractivity contribution in [3.8, 4) is 11.1 Å². The van der Waals surface area contributed by atoms with Crippen LogP contribution in [0.3, 0.4) is 0 Å². The number of hydrogen-bond acceptors (Lipinski definition) is 3. The second-order valence-electron chi connectivity index (χ2n) is 5.53. The molecule has 0 bridgehead atoms. The second-order valence-corrected chi connectivity index (χ2v) is 5.53. The van der Waals surface area contributed by atoms with Crippen molar-refractivity contribution in [3.63, 3.8) is 0 Å². The molecule has 1 aliphatic rings. The molecule has 0 saturated heterocycles. The summed E-state index contributed by atoms with van der Waals surface area (Å²) >= 11 is 0. The SMILES string of the molecule is COC(=O)c1ccc2c(c1)C(CC(=O)O)c1cc(C)ccc1-2. The van der Waals surface area contributed by atoms with E-state index in [0.29, 0.717) is 5.56 Å². The number of carboxylic acid groups (broad SMARTS) is 1. The van der Waals surface area contributed by atoms with Crippen molar-refractivity contribution in [3.05, 3.63) is 58.7 Å². The van der Waals surface area contributed by atoms with Crippen molar-refractivity contribution in [2.45, 2.75) is 19.3 Å². The molecule has 1 atom stereocenters. The number of carbonyl (C=O) groups is 2. The lowest BCUT2D eigenvalue weighted by atomic mass is 9.92. The van der Waals surface area contributed by atoms with Crippen molar-refractivity contribution >= 4 is 11.9 Å². The Morgan fingerprint density at radius 3 is 2.36 bits per heavy atom. The Morgan fingerprint density at radius 2 is 1.73 bits per heavy atom. The third-order valence-electron chi connectivity index (χ3n) is 4.10. The third kappa shape index (κ3) is 2.26. The molecular formula is C18H16O4. The van der Waals surface area contributed by atoms with Gasteiger partial charge in [-0.2, -0.15) is 0 Å². The molecule has 0 saturated carbocycles. The van der Waals surface area contributed by atoms with E-state index in [9.17, 15) is 14.7 Å². The van der Waals surface area contributed by atoms with E-state index >= 15 is 0 Å². The summed E-state index contributed by atoms with van der Waals surface area (Å²) in [5, 5.41) is 9.23. The molecule has 22 heavy (non-hydrogen) atoms. The first kappa shape index (κ1) is 14.3. The number of benzene rings is 2. The van der Waals surface area contributed by atoms with Gasteiger partial charge in [0.05, 0.1) is 19.1 Å². The zero-order valence-corrected chi connectivity index (χ0v) is 12.4. The number of carboxylic acids is 1. The van der Waals surface area contributed by atoms with Gasteiger partial charge in [0.2, 0.25) is 0 Å². The molecule has 0 fully saturated rings. The number of methoxy groups -OCH3 is 1. The van der Waals surface area contributed by atoms with Crippen molar-refractivity contribution in [1.82, 2.24) is 0 Å². The normalized spacial score (nSPS) is 15.1. The number of aliphatic carboxylic acids is 1. The molecule has 0 radical (unpaired) electrons. The molecule has 3 rings (SSSR count). The number of fused-ring (bicyclic) bond motifs is 3. The van der Waals surface area contributed by atoms with E-state index in [1.54, 1.807) is 12.1 Å². The van der Waals surface area contributed by atoms with Gasteiger partial charge in [0.1, 0.15) is 0 Å². The average molecular weight is 296 g/mol. The van der Waals surface area contributed by atoms with E-state index in [1.165, 1.54) is 7.11 Å². The minimum Gasteiger partial charge on any atom is -0.481 e. The summed E-state index contributed by atoms with van der Waals surface area (Å²) in [5.41, 5.74) is 5.47. The Hall–Kier alpha value is -2.62. The largest absolute Gasteiger partial charge is 0.481 e. The molecule has 0 spiro atoms. The second kappa shape index (κ2) is 5.30. The average Bonchev–Trinajstić information content (AvgIpc) is 2.79. The lowest BCUT2D eigenvalue weighted by Crippen LogP contribution is -2.07. The van der Waals surface area contributed by atoms with Crippen LogP contribution < -0.4 is 0 Å². The highest BCUT2D eigenvalue weighted by molar-refractivity contribution is 5.92. The molecule has 112 valence electrons. The molecule has 1 N–H and O–H groups in total. The number of carbonyl (C=O) groups excluding carboxylic acids is 1. The molecule has 0 aliphatic heterocycles. The summed E-state index contributed by atoms with van der Waals surface area (Å²) in [6, 6.07) is 11.4. The molecule has 2 aromatic carbocycles.